The average molecular weight is 239 g/mol. The van der Waals surface area contributed by atoms with Crippen molar-refractivity contribution in [2.24, 2.45) is 10.8 Å². The minimum atomic E-state index is -4.64. The van der Waals surface area contributed by atoms with Gasteiger partial charge in [0.15, 0.2) is 6.04 Å². The molecule has 0 aromatic rings. The van der Waals surface area contributed by atoms with Crippen LogP contribution in [0.25, 0.3) is 0 Å². The van der Waals surface area contributed by atoms with Crippen LogP contribution < -0.4 is 5.73 Å². The predicted octanol–water partition coefficient (Wildman–Crippen LogP) is -0.104. The number of carboxylic acids is 1. The van der Waals surface area contributed by atoms with Crippen LogP contribution in [0.15, 0.2) is 5.10 Å². The molecule has 16 heavy (non-hydrogen) atoms. The summed E-state index contributed by atoms with van der Waals surface area (Å²) in [5, 5.41) is 11.4. The highest BCUT2D eigenvalue weighted by Crippen LogP contribution is 2.33. The highest BCUT2D eigenvalue weighted by atomic mass is 19.4. The molecule has 0 bridgehead atoms. The molecule has 1 aliphatic heterocycles. The first-order chi connectivity index (χ1) is 7.23. The number of carboxylic acid groups (broad SMARTS) is 1. The van der Waals surface area contributed by atoms with E-state index in [2.05, 4.69) is 5.10 Å². The third-order valence-corrected chi connectivity index (χ3v) is 1.99. The molecule has 0 aliphatic carbocycles. The normalized spacial score (nSPS) is 22.7. The van der Waals surface area contributed by atoms with E-state index in [1.807, 2.05) is 0 Å². The average Bonchev–Trinajstić information content (AvgIpc) is 2.47. The number of hydrogen-bond donors (Lipinski definition) is 2. The molecule has 1 atom stereocenters. The number of nitrogens with two attached hydrogens (primary N) is 1. The Morgan fingerprint density at radius 1 is 1.56 bits per heavy atom. The SMILES string of the molecule is NC(=NN1C(=O)CCC1C(F)(F)F)C(=O)O. The fourth-order valence-electron chi connectivity index (χ4n) is 1.26. The van der Waals surface area contributed by atoms with Gasteiger partial charge in [-0.2, -0.15) is 13.2 Å². The first kappa shape index (κ1) is 12.3. The summed E-state index contributed by atoms with van der Waals surface area (Å²) in [7, 11) is 0. The van der Waals surface area contributed by atoms with E-state index >= 15 is 0 Å². The number of alkyl halides is 3. The maximum atomic E-state index is 12.4. The molecule has 0 aromatic carbocycles. The third-order valence-electron chi connectivity index (χ3n) is 1.99. The van der Waals surface area contributed by atoms with Gasteiger partial charge in [-0.3, -0.25) is 4.79 Å². The van der Waals surface area contributed by atoms with Gasteiger partial charge in [0.05, 0.1) is 0 Å². The van der Waals surface area contributed by atoms with E-state index in [-0.39, 0.29) is 11.4 Å². The largest absolute Gasteiger partial charge is 0.475 e. The molecule has 1 rings (SSSR count). The topological polar surface area (TPSA) is 96.0 Å². The van der Waals surface area contributed by atoms with Crippen molar-refractivity contribution in [1.29, 1.82) is 0 Å². The number of hydrazone groups is 1. The molecular weight excluding hydrogens is 231 g/mol. The monoisotopic (exact) mass is 239 g/mol. The number of halogens is 3. The predicted molar refractivity (Wildman–Crippen MR) is 45.2 cm³/mol. The molecule has 0 saturated carbocycles. The van der Waals surface area contributed by atoms with Crippen molar-refractivity contribution >= 4 is 17.7 Å². The van der Waals surface area contributed by atoms with Crippen molar-refractivity contribution in [1.82, 2.24) is 5.01 Å². The lowest BCUT2D eigenvalue weighted by Crippen LogP contribution is -2.42. The van der Waals surface area contributed by atoms with Gasteiger partial charge in [0.25, 0.3) is 0 Å². The van der Waals surface area contributed by atoms with Gasteiger partial charge in [-0.1, -0.05) is 0 Å². The van der Waals surface area contributed by atoms with E-state index in [0.29, 0.717) is 0 Å². The molecule has 0 radical (unpaired) electrons. The summed E-state index contributed by atoms with van der Waals surface area (Å²) in [4.78, 5) is 21.3. The molecule has 1 unspecified atom stereocenters. The van der Waals surface area contributed by atoms with Crippen LogP contribution >= 0.6 is 0 Å². The second-order valence-electron chi connectivity index (χ2n) is 3.12. The highest BCUT2D eigenvalue weighted by Gasteiger charge is 2.49. The second-order valence-corrected chi connectivity index (χ2v) is 3.12. The van der Waals surface area contributed by atoms with Crippen molar-refractivity contribution in [3.05, 3.63) is 0 Å². The van der Waals surface area contributed by atoms with Crippen molar-refractivity contribution < 1.29 is 27.9 Å². The van der Waals surface area contributed by atoms with Gasteiger partial charge in [0.2, 0.25) is 11.7 Å². The van der Waals surface area contributed by atoms with E-state index in [9.17, 15) is 22.8 Å². The van der Waals surface area contributed by atoms with Gasteiger partial charge in [0.1, 0.15) is 0 Å². The number of carbonyl (C=O) groups excluding carboxylic acids is 1. The van der Waals surface area contributed by atoms with Crippen LogP contribution in [0.2, 0.25) is 0 Å². The van der Waals surface area contributed by atoms with E-state index in [1.165, 1.54) is 0 Å². The zero-order valence-electron chi connectivity index (χ0n) is 7.86. The van der Waals surface area contributed by atoms with Gasteiger partial charge in [-0.05, 0) is 6.42 Å². The number of amidine groups is 1. The quantitative estimate of drug-likeness (QED) is 0.493. The van der Waals surface area contributed by atoms with Gasteiger partial charge < -0.3 is 10.8 Å². The molecular formula is C7H8F3N3O3. The third kappa shape index (κ3) is 2.41. The molecule has 3 N–H and O–H groups in total. The number of aliphatic carboxylic acids is 1. The summed E-state index contributed by atoms with van der Waals surface area (Å²) in [5.41, 5.74) is 4.85. The van der Waals surface area contributed by atoms with Crippen molar-refractivity contribution in [2.45, 2.75) is 25.1 Å². The van der Waals surface area contributed by atoms with Crippen molar-refractivity contribution in [3.8, 4) is 0 Å². The minimum absolute atomic E-state index is 0.0868. The minimum Gasteiger partial charge on any atom is -0.475 e. The summed E-state index contributed by atoms with van der Waals surface area (Å²) in [6.45, 7) is 0. The number of nitrogens with zero attached hydrogens (tertiary/aromatic N) is 2. The number of carbonyl (C=O) groups is 2. The number of rotatable bonds is 1. The zero-order valence-corrected chi connectivity index (χ0v) is 7.86. The Bertz CT molecular complexity index is 353. The summed E-state index contributed by atoms with van der Waals surface area (Å²) < 4.78 is 37.2. The first-order valence-corrected chi connectivity index (χ1v) is 4.19. The Kier molecular flexibility index (Phi) is 3.06. The maximum absolute atomic E-state index is 12.4. The first-order valence-electron chi connectivity index (χ1n) is 4.19. The van der Waals surface area contributed by atoms with E-state index in [1.54, 1.807) is 0 Å². The Hall–Kier alpha value is -1.80. The number of hydrogen-bond acceptors (Lipinski definition) is 3. The van der Waals surface area contributed by atoms with Crippen LogP contribution in [-0.2, 0) is 9.59 Å². The fourth-order valence-corrected chi connectivity index (χ4v) is 1.26. The van der Waals surface area contributed by atoms with Crippen LogP contribution in [-0.4, -0.2) is 40.0 Å². The Morgan fingerprint density at radius 2 is 2.12 bits per heavy atom. The molecule has 6 nitrogen and oxygen atoms in total. The molecule has 1 heterocycles. The summed E-state index contributed by atoms with van der Waals surface area (Å²) in [6.07, 6.45) is -5.42. The smallest absolute Gasteiger partial charge is 0.410 e. The molecule has 1 aliphatic rings. The van der Waals surface area contributed by atoms with Gasteiger partial charge in [-0.25, -0.2) is 9.80 Å². The second kappa shape index (κ2) is 3.99. The van der Waals surface area contributed by atoms with E-state index in [4.69, 9.17) is 10.8 Å². The fraction of sp³-hybridized carbons (Fsp3) is 0.571. The molecule has 0 spiro atoms. The van der Waals surface area contributed by atoms with Crippen LogP contribution in [0, 0.1) is 0 Å². The molecule has 0 aromatic heterocycles. The Balaban J connectivity index is 2.95. The van der Waals surface area contributed by atoms with Gasteiger partial charge in [0, 0.05) is 6.42 Å². The summed E-state index contributed by atoms with van der Waals surface area (Å²) in [6, 6.07) is -2.10. The van der Waals surface area contributed by atoms with Crippen LogP contribution in [0.4, 0.5) is 13.2 Å². The van der Waals surface area contributed by atoms with Gasteiger partial charge >= 0.3 is 12.1 Å². The summed E-state index contributed by atoms with van der Waals surface area (Å²) in [5.74, 6) is -3.63. The maximum Gasteiger partial charge on any atom is 0.410 e. The van der Waals surface area contributed by atoms with Crippen LogP contribution in [0.1, 0.15) is 12.8 Å². The molecule has 1 amide bonds. The zero-order chi connectivity index (χ0) is 12.5. The molecule has 9 heteroatoms. The highest BCUT2D eigenvalue weighted by molar-refractivity contribution is 6.33. The van der Waals surface area contributed by atoms with Crippen LogP contribution in [0.5, 0.6) is 0 Å². The van der Waals surface area contributed by atoms with E-state index < -0.39 is 36.4 Å². The molecule has 1 fully saturated rings. The lowest BCUT2D eigenvalue weighted by atomic mass is 10.2. The van der Waals surface area contributed by atoms with Crippen molar-refractivity contribution in [3.63, 3.8) is 0 Å². The standard InChI is InChI=1S/C7H8F3N3O3/c8-7(9,10)3-1-2-4(14)13(3)12-5(11)6(15)16/h3H,1-2H2,(H2,11,12)(H,15,16). The Labute approximate surface area is 87.5 Å². The lowest BCUT2D eigenvalue weighted by molar-refractivity contribution is -0.180. The number of amides is 1. The molecule has 90 valence electrons. The van der Waals surface area contributed by atoms with E-state index in [0.717, 1.165) is 0 Å². The van der Waals surface area contributed by atoms with Crippen LogP contribution in [0.3, 0.4) is 0 Å². The molecule has 1 saturated heterocycles. The van der Waals surface area contributed by atoms with Gasteiger partial charge in [-0.15, -0.1) is 5.10 Å². The Morgan fingerprint density at radius 3 is 2.56 bits per heavy atom. The summed E-state index contributed by atoms with van der Waals surface area (Å²) >= 11 is 0. The lowest BCUT2D eigenvalue weighted by Gasteiger charge is -2.21. The van der Waals surface area contributed by atoms with Crippen molar-refractivity contribution in [2.75, 3.05) is 0 Å².